The molecule has 0 aromatic carbocycles. The fourth-order valence-electron chi connectivity index (χ4n) is 2.61. The molecule has 2 nitrogen and oxygen atoms in total. The van der Waals surface area contributed by atoms with Gasteiger partial charge in [-0.25, -0.2) is 0 Å². The SMILES string of the molecule is CCCN(CC)CC1CC(CC)CCN1. The molecule has 2 unspecified atom stereocenters. The van der Waals surface area contributed by atoms with Crippen LogP contribution >= 0.6 is 0 Å². The van der Waals surface area contributed by atoms with Crippen LogP contribution < -0.4 is 5.32 Å². The van der Waals surface area contributed by atoms with Gasteiger partial charge in [-0.3, -0.25) is 0 Å². The predicted octanol–water partition coefficient (Wildman–Crippen LogP) is 2.50. The quantitative estimate of drug-likeness (QED) is 0.728. The fraction of sp³-hybridized carbons (Fsp3) is 1.00. The van der Waals surface area contributed by atoms with Gasteiger partial charge >= 0.3 is 0 Å². The monoisotopic (exact) mass is 212 g/mol. The van der Waals surface area contributed by atoms with Crippen molar-refractivity contribution < 1.29 is 0 Å². The van der Waals surface area contributed by atoms with Crippen LogP contribution in [-0.4, -0.2) is 37.1 Å². The highest BCUT2D eigenvalue weighted by Crippen LogP contribution is 2.19. The number of piperidine rings is 1. The summed E-state index contributed by atoms with van der Waals surface area (Å²) in [6.45, 7) is 11.8. The Kier molecular flexibility index (Phi) is 6.26. The number of hydrogen-bond acceptors (Lipinski definition) is 2. The lowest BCUT2D eigenvalue weighted by molar-refractivity contribution is 0.205. The topological polar surface area (TPSA) is 15.3 Å². The highest BCUT2D eigenvalue weighted by Gasteiger charge is 2.21. The van der Waals surface area contributed by atoms with E-state index in [9.17, 15) is 0 Å². The van der Waals surface area contributed by atoms with E-state index in [0.717, 1.165) is 12.0 Å². The van der Waals surface area contributed by atoms with Gasteiger partial charge in [-0.1, -0.05) is 27.2 Å². The lowest BCUT2D eigenvalue weighted by Gasteiger charge is -2.33. The first-order valence-corrected chi connectivity index (χ1v) is 6.75. The zero-order valence-corrected chi connectivity index (χ0v) is 10.8. The molecule has 90 valence electrons. The zero-order valence-electron chi connectivity index (χ0n) is 10.8. The first-order chi connectivity index (χ1) is 7.30. The predicted molar refractivity (Wildman–Crippen MR) is 67.2 cm³/mol. The molecule has 1 heterocycles. The molecule has 15 heavy (non-hydrogen) atoms. The number of nitrogens with zero attached hydrogens (tertiary/aromatic N) is 1. The van der Waals surface area contributed by atoms with Gasteiger partial charge in [0.2, 0.25) is 0 Å². The first kappa shape index (κ1) is 13.0. The standard InChI is InChI=1S/C13H28N2/c1-4-9-15(6-3)11-13-10-12(5-2)7-8-14-13/h12-14H,4-11H2,1-3H3. The Bertz CT molecular complexity index is 159. The van der Waals surface area contributed by atoms with Gasteiger partial charge in [0.25, 0.3) is 0 Å². The second kappa shape index (κ2) is 7.24. The van der Waals surface area contributed by atoms with E-state index in [-0.39, 0.29) is 0 Å². The maximum absolute atomic E-state index is 3.66. The van der Waals surface area contributed by atoms with E-state index in [4.69, 9.17) is 0 Å². The third kappa shape index (κ3) is 4.52. The largest absolute Gasteiger partial charge is 0.313 e. The third-order valence-corrected chi connectivity index (χ3v) is 3.65. The molecule has 0 amide bonds. The zero-order chi connectivity index (χ0) is 11.1. The maximum Gasteiger partial charge on any atom is 0.0197 e. The van der Waals surface area contributed by atoms with Gasteiger partial charge in [0.05, 0.1) is 0 Å². The van der Waals surface area contributed by atoms with E-state index >= 15 is 0 Å². The van der Waals surface area contributed by atoms with Crippen molar-refractivity contribution in [2.45, 2.75) is 52.5 Å². The van der Waals surface area contributed by atoms with E-state index in [1.54, 1.807) is 0 Å². The van der Waals surface area contributed by atoms with Gasteiger partial charge in [-0.15, -0.1) is 0 Å². The Morgan fingerprint density at radius 3 is 2.67 bits per heavy atom. The van der Waals surface area contributed by atoms with Crippen LogP contribution in [0.1, 0.15) is 46.5 Å². The Hall–Kier alpha value is -0.0800. The van der Waals surface area contributed by atoms with E-state index < -0.39 is 0 Å². The van der Waals surface area contributed by atoms with Crippen molar-refractivity contribution in [3.05, 3.63) is 0 Å². The fourth-order valence-corrected chi connectivity index (χ4v) is 2.61. The van der Waals surface area contributed by atoms with E-state index in [1.165, 1.54) is 51.9 Å². The van der Waals surface area contributed by atoms with Crippen molar-refractivity contribution in [2.24, 2.45) is 5.92 Å². The van der Waals surface area contributed by atoms with Gasteiger partial charge in [0.15, 0.2) is 0 Å². The number of hydrogen-bond donors (Lipinski definition) is 1. The second-order valence-electron chi connectivity index (χ2n) is 4.84. The maximum atomic E-state index is 3.66. The van der Waals surface area contributed by atoms with Crippen molar-refractivity contribution in [3.63, 3.8) is 0 Å². The molecule has 2 atom stereocenters. The molecule has 0 saturated carbocycles. The van der Waals surface area contributed by atoms with Gasteiger partial charge in [-0.2, -0.15) is 0 Å². The van der Waals surface area contributed by atoms with Crippen LogP contribution in [0.15, 0.2) is 0 Å². The van der Waals surface area contributed by atoms with Crippen molar-refractivity contribution in [3.8, 4) is 0 Å². The van der Waals surface area contributed by atoms with Gasteiger partial charge in [0, 0.05) is 12.6 Å². The van der Waals surface area contributed by atoms with Crippen LogP contribution in [0, 0.1) is 5.92 Å². The molecular weight excluding hydrogens is 184 g/mol. The summed E-state index contributed by atoms with van der Waals surface area (Å²) in [6.07, 6.45) is 5.40. The van der Waals surface area contributed by atoms with E-state index in [0.29, 0.717) is 0 Å². The summed E-state index contributed by atoms with van der Waals surface area (Å²) in [7, 11) is 0. The molecule has 2 heteroatoms. The average molecular weight is 212 g/mol. The molecule has 0 bridgehead atoms. The Balaban J connectivity index is 2.29. The minimum atomic E-state index is 0.746. The lowest BCUT2D eigenvalue weighted by atomic mass is 9.90. The molecule has 1 aliphatic rings. The second-order valence-corrected chi connectivity index (χ2v) is 4.84. The number of rotatable bonds is 6. The van der Waals surface area contributed by atoms with E-state index in [1.807, 2.05) is 0 Å². The number of nitrogens with one attached hydrogen (secondary N) is 1. The van der Waals surface area contributed by atoms with Crippen LogP contribution in [0.4, 0.5) is 0 Å². The summed E-state index contributed by atoms with van der Waals surface area (Å²) in [4.78, 5) is 2.58. The Morgan fingerprint density at radius 1 is 1.27 bits per heavy atom. The summed E-state index contributed by atoms with van der Waals surface area (Å²) in [5.41, 5.74) is 0. The van der Waals surface area contributed by atoms with Gasteiger partial charge in [-0.05, 0) is 44.8 Å². The highest BCUT2D eigenvalue weighted by molar-refractivity contribution is 4.80. The number of likely N-dealkylation sites (N-methyl/N-ethyl adjacent to an activating group) is 1. The molecule has 0 aromatic rings. The van der Waals surface area contributed by atoms with Crippen LogP contribution in [0.3, 0.4) is 0 Å². The molecule has 0 spiro atoms. The molecule has 1 rings (SSSR count). The molecule has 1 N–H and O–H groups in total. The minimum Gasteiger partial charge on any atom is -0.313 e. The van der Waals surface area contributed by atoms with Crippen molar-refractivity contribution in [1.82, 2.24) is 10.2 Å². The highest BCUT2D eigenvalue weighted by atomic mass is 15.1. The van der Waals surface area contributed by atoms with Crippen molar-refractivity contribution in [1.29, 1.82) is 0 Å². The lowest BCUT2D eigenvalue weighted by Crippen LogP contribution is -2.46. The van der Waals surface area contributed by atoms with Crippen LogP contribution in [0.2, 0.25) is 0 Å². The summed E-state index contributed by atoms with van der Waals surface area (Å²) in [5.74, 6) is 0.969. The summed E-state index contributed by atoms with van der Waals surface area (Å²) < 4.78 is 0. The van der Waals surface area contributed by atoms with Crippen LogP contribution in [0.25, 0.3) is 0 Å². The normalized spacial score (nSPS) is 27.2. The molecule has 0 aromatic heterocycles. The molecule has 1 fully saturated rings. The van der Waals surface area contributed by atoms with Gasteiger partial charge < -0.3 is 10.2 Å². The van der Waals surface area contributed by atoms with Crippen LogP contribution in [0.5, 0.6) is 0 Å². The molecule has 1 saturated heterocycles. The van der Waals surface area contributed by atoms with Crippen molar-refractivity contribution in [2.75, 3.05) is 26.2 Å². The molecular formula is C13H28N2. The van der Waals surface area contributed by atoms with Gasteiger partial charge in [0.1, 0.15) is 0 Å². The summed E-state index contributed by atoms with van der Waals surface area (Å²) in [6, 6.07) is 0.746. The summed E-state index contributed by atoms with van der Waals surface area (Å²) >= 11 is 0. The minimum absolute atomic E-state index is 0.746. The smallest absolute Gasteiger partial charge is 0.0197 e. The average Bonchev–Trinajstić information content (AvgIpc) is 2.29. The third-order valence-electron chi connectivity index (χ3n) is 3.65. The Labute approximate surface area is 95.4 Å². The first-order valence-electron chi connectivity index (χ1n) is 6.75. The van der Waals surface area contributed by atoms with E-state index in [2.05, 4.69) is 31.0 Å². The molecule has 1 aliphatic heterocycles. The summed E-state index contributed by atoms with van der Waals surface area (Å²) in [5, 5.41) is 3.66. The molecule has 0 aliphatic carbocycles. The van der Waals surface area contributed by atoms with Crippen molar-refractivity contribution >= 4 is 0 Å². The molecule has 0 radical (unpaired) electrons. The van der Waals surface area contributed by atoms with Crippen LogP contribution in [-0.2, 0) is 0 Å². The Morgan fingerprint density at radius 2 is 2.07 bits per heavy atom.